The van der Waals surface area contributed by atoms with Gasteiger partial charge in [-0.15, -0.1) is 11.6 Å². The molecule has 1 N–H and O–H groups in total. The molecule has 1 aromatic rings. The highest BCUT2D eigenvalue weighted by Crippen LogP contribution is 2.12. The van der Waals surface area contributed by atoms with Crippen LogP contribution in [0.25, 0.3) is 0 Å². The van der Waals surface area contributed by atoms with Crippen LogP contribution >= 0.6 is 11.6 Å². The van der Waals surface area contributed by atoms with Crippen LogP contribution in [0.15, 0.2) is 6.33 Å². The Morgan fingerprint density at radius 3 is 2.93 bits per heavy atom. The lowest BCUT2D eigenvalue weighted by molar-refractivity contribution is 0.604. The van der Waals surface area contributed by atoms with Crippen LogP contribution < -0.4 is 5.32 Å². The number of alkyl halides is 1. The van der Waals surface area contributed by atoms with Crippen molar-refractivity contribution >= 4 is 17.4 Å². The molecule has 0 spiro atoms. The molecule has 0 saturated heterocycles. The minimum Gasteiger partial charge on any atom is -0.366 e. The highest BCUT2D eigenvalue weighted by atomic mass is 35.5. The highest BCUT2D eigenvalue weighted by Gasteiger charge is 2.08. The van der Waals surface area contributed by atoms with Crippen LogP contribution in [0.4, 0.5) is 10.2 Å². The number of hydrogen-bond donors (Lipinski definition) is 1. The second kappa shape index (κ2) is 5.10. The summed E-state index contributed by atoms with van der Waals surface area (Å²) >= 11 is 5.88. The Morgan fingerprint density at radius 2 is 2.29 bits per heavy atom. The second-order valence-electron chi connectivity index (χ2n) is 3.01. The molecular weight excluding hydrogens is 205 g/mol. The van der Waals surface area contributed by atoms with Crippen molar-refractivity contribution in [3.05, 3.63) is 17.8 Å². The van der Waals surface area contributed by atoms with Crippen molar-refractivity contribution in [2.75, 3.05) is 11.9 Å². The second-order valence-corrected chi connectivity index (χ2v) is 3.63. The number of nitrogens with zero attached hydrogens (tertiary/aromatic N) is 2. The lowest BCUT2D eigenvalue weighted by atomic mass is 10.3. The monoisotopic (exact) mass is 217 g/mol. The Hall–Kier alpha value is -0.900. The number of rotatable bonds is 4. The molecule has 5 heteroatoms. The average molecular weight is 218 g/mol. The van der Waals surface area contributed by atoms with Gasteiger partial charge in [-0.2, -0.15) is 0 Å². The smallest absolute Gasteiger partial charge is 0.186 e. The van der Waals surface area contributed by atoms with Gasteiger partial charge in [0.05, 0.1) is 11.1 Å². The molecule has 0 aliphatic heterocycles. The Labute approximate surface area is 87.7 Å². The Morgan fingerprint density at radius 1 is 1.57 bits per heavy atom. The summed E-state index contributed by atoms with van der Waals surface area (Å²) in [4.78, 5) is 7.52. The van der Waals surface area contributed by atoms with Gasteiger partial charge in [-0.1, -0.05) is 6.92 Å². The van der Waals surface area contributed by atoms with Gasteiger partial charge in [0.15, 0.2) is 11.6 Å². The van der Waals surface area contributed by atoms with E-state index in [0.717, 1.165) is 6.42 Å². The van der Waals surface area contributed by atoms with Gasteiger partial charge in [0.25, 0.3) is 0 Å². The Bertz CT molecular complexity index is 306. The van der Waals surface area contributed by atoms with E-state index in [2.05, 4.69) is 15.3 Å². The Kier molecular flexibility index (Phi) is 4.07. The van der Waals surface area contributed by atoms with Gasteiger partial charge in [-0.25, -0.2) is 14.4 Å². The maximum Gasteiger partial charge on any atom is 0.186 e. The third-order valence-corrected chi connectivity index (χ3v) is 2.36. The van der Waals surface area contributed by atoms with Crippen LogP contribution in [-0.2, 0) is 0 Å². The molecule has 0 radical (unpaired) electrons. The van der Waals surface area contributed by atoms with Crippen molar-refractivity contribution in [3.8, 4) is 0 Å². The van der Waals surface area contributed by atoms with Crippen molar-refractivity contribution in [2.24, 2.45) is 0 Å². The normalized spacial score (nSPS) is 12.6. The third-order valence-electron chi connectivity index (χ3n) is 1.90. The topological polar surface area (TPSA) is 37.8 Å². The molecule has 1 atom stereocenters. The van der Waals surface area contributed by atoms with Gasteiger partial charge in [0, 0.05) is 6.54 Å². The summed E-state index contributed by atoms with van der Waals surface area (Å²) in [6, 6.07) is 0. The Balaban J connectivity index is 2.63. The van der Waals surface area contributed by atoms with Crippen molar-refractivity contribution in [1.29, 1.82) is 0 Å². The van der Waals surface area contributed by atoms with Gasteiger partial charge >= 0.3 is 0 Å². The van der Waals surface area contributed by atoms with Crippen LogP contribution in [0.2, 0.25) is 0 Å². The molecular formula is C9H13ClFN3. The SMILES string of the molecule is CCC(Cl)CNc1ncnc(C)c1F. The summed E-state index contributed by atoms with van der Waals surface area (Å²) in [5.74, 6) is -0.191. The molecule has 78 valence electrons. The predicted molar refractivity (Wildman–Crippen MR) is 55.1 cm³/mol. The lowest BCUT2D eigenvalue weighted by Crippen LogP contribution is -2.15. The standard InChI is InChI=1S/C9H13ClFN3/c1-3-7(10)4-12-9-8(11)6(2)13-5-14-9/h5,7H,3-4H2,1-2H3,(H,12,13,14). The van der Waals surface area contributed by atoms with Gasteiger partial charge in [-0.3, -0.25) is 0 Å². The molecule has 1 aromatic heterocycles. The summed E-state index contributed by atoms with van der Waals surface area (Å²) in [6.45, 7) is 4.08. The first-order valence-electron chi connectivity index (χ1n) is 4.50. The average Bonchev–Trinajstić information content (AvgIpc) is 2.20. The highest BCUT2D eigenvalue weighted by molar-refractivity contribution is 6.20. The molecule has 1 rings (SSSR count). The fraction of sp³-hybridized carbons (Fsp3) is 0.556. The molecule has 0 aliphatic carbocycles. The zero-order valence-electron chi connectivity index (χ0n) is 8.22. The largest absolute Gasteiger partial charge is 0.366 e. The first-order valence-corrected chi connectivity index (χ1v) is 4.93. The molecule has 1 heterocycles. The van der Waals surface area contributed by atoms with Gasteiger partial charge < -0.3 is 5.32 Å². The van der Waals surface area contributed by atoms with Gasteiger partial charge in [0.1, 0.15) is 6.33 Å². The molecule has 0 aromatic carbocycles. The summed E-state index contributed by atoms with van der Waals surface area (Å²) in [5, 5.41) is 2.84. The van der Waals surface area contributed by atoms with Crippen molar-refractivity contribution in [1.82, 2.24) is 9.97 Å². The summed E-state index contributed by atoms with van der Waals surface area (Å²) in [7, 11) is 0. The van der Waals surface area contributed by atoms with Crippen LogP contribution in [0.5, 0.6) is 0 Å². The van der Waals surface area contributed by atoms with Gasteiger partial charge in [-0.05, 0) is 13.3 Å². The van der Waals surface area contributed by atoms with Crippen molar-refractivity contribution in [2.45, 2.75) is 25.6 Å². The maximum absolute atomic E-state index is 13.3. The van der Waals surface area contributed by atoms with Gasteiger partial charge in [0.2, 0.25) is 0 Å². The van der Waals surface area contributed by atoms with Crippen LogP contribution in [0.1, 0.15) is 19.0 Å². The van der Waals surface area contributed by atoms with E-state index in [-0.39, 0.29) is 11.2 Å². The van der Waals surface area contributed by atoms with E-state index < -0.39 is 5.82 Å². The fourth-order valence-electron chi connectivity index (χ4n) is 0.933. The number of aryl methyl sites for hydroxylation is 1. The van der Waals surface area contributed by atoms with E-state index in [0.29, 0.717) is 12.2 Å². The van der Waals surface area contributed by atoms with E-state index in [9.17, 15) is 4.39 Å². The van der Waals surface area contributed by atoms with E-state index >= 15 is 0 Å². The van der Waals surface area contributed by atoms with E-state index in [1.54, 1.807) is 6.92 Å². The van der Waals surface area contributed by atoms with Crippen molar-refractivity contribution < 1.29 is 4.39 Å². The molecule has 0 amide bonds. The number of anilines is 1. The minimum atomic E-state index is -0.410. The zero-order chi connectivity index (χ0) is 10.6. The number of halogens is 2. The number of nitrogens with one attached hydrogen (secondary N) is 1. The van der Waals surface area contributed by atoms with E-state index in [1.807, 2.05) is 6.92 Å². The van der Waals surface area contributed by atoms with E-state index in [4.69, 9.17) is 11.6 Å². The quantitative estimate of drug-likeness (QED) is 0.787. The fourth-order valence-corrected chi connectivity index (χ4v) is 1.01. The third kappa shape index (κ3) is 2.80. The molecule has 0 fully saturated rings. The molecule has 0 aliphatic rings. The van der Waals surface area contributed by atoms with Crippen LogP contribution in [-0.4, -0.2) is 21.9 Å². The van der Waals surface area contributed by atoms with Crippen molar-refractivity contribution in [3.63, 3.8) is 0 Å². The minimum absolute atomic E-state index is 0.00956. The number of aromatic nitrogens is 2. The summed E-state index contributed by atoms with van der Waals surface area (Å²) < 4.78 is 13.3. The van der Waals surface area contributed by atoms with E-state index in [1.165, 1.54) is 6.33 Å². The van der Waals surface area contributed by atoms with Crippen LogP contribution in [0, 0.1) is 12.7 Å². The molecule has 0 saturated carbocycles. The van der Waals surface area contributed by atoms with Crippen LogP contribution in [0.3, 0.4) is 0 Å². The first kappa shape index (κ1) is 11.2. The zero-order valence-corrected chi connectivity index (χ0v) is 8.98. The first-order chi connectivity index (χ1) is 6.65. The lowest BCUT2D eigenvalue weighted by Gasteiger charge is -2.09. The summed E-state index contributed by atoms with van der Waals surface area (Å²) in [6.07, 6.45) is 2.16. The maximum atomic E-state index is 13.3. The summed E-state index contributed by atoms with van der Waals surface area (Å²) in [5.41, 5.74) is 0.338. The molecule has 0 bridgehead atoms. The molecule has 3 nitrogen and oxygen atoms in total. The number of hydrogen-bond acceptors (Lipinski definition) is 3. The molecule has 14 heavy (non-hydrogen) atoms. The predicted octanol–water partition coefficient (Wildman–Crippen LogP) is 2.35. The molecule has 1 unspecified atom stereocenters.